The minimum absolute atomic E-state index is 0.0443. The van der Waals surface area contributed by atoms with Crippen LogP contribution in [-0.2, 0) is 14.9 Å². The summed E-state index contributed by atoms with van der Waals surface area (Å²) in [6.45, 7) is 2.75. The van der Waals surface area contributed by atoms with E-state index >= 15 is 0 Å². The molecule has 0 aromatic heterocycles. The van der Waals surface area contributed by atoms with Gasteiger partial charge in [-0.25, -0.2) is 0 Å². The Bertz CT molecular complexity index is 480. The third kappa shape index (κ3) is 25.4. The molecule has 0 aromatic rings. The Kier molecular flexibility index (Phi) is 21.2. The van der Waals surface area contributed by atoms with Gasteiger partial charge in [0, 0.05) is 13.0 Å². The summed E-state index contributed by atoms with van der Waals surface area (Å²) in [5, 5.41) is 2.81. The average Bonchev–Trinajstić information content (AvgIpc) is 2.69. The van der Waals surface area contributed by atoms with E-state index in [0.29, 0.717) is 25.8 Å². The third-order valence-electron chi connectivity index (χ3n) is 5.66. The summed E-state index contributed by atoms with van der Waals surface area (Å²) in [6.07, 6.45) is 24.1. The molecular weight excluding hydrogens is 398 g/mol. The molecular formula is C24H49NO4S. The molecule has 0 atom stereocenters. The molecule has 0 saturated carbocycles. The highest BCUT2D eigenvalue weighted by Gasteiger charge is 2.04. The Morgan fingerprint density at radius 3 is 1.43 bits per heavy atom. The molecule has 0 heterocycles. The second-order valence-electron chi connectivity index (χ2n) is 8.75. The smallest absolute Gasteiger partial charge is 0.264 e. The van der Waals surface area contributed by atoms with E-state index in [0.717, 1.165) is 12.8 Å². The predicted octanol–water partition coefficient (Wildman–Crippen LogP) is 6.81. The van der Waals surface area contributed by atoms with Gasteiger partial charge in [0.2, 0.25) is 5.91 Å². The van der Waals surface area contributed by atoms with E-state index < -0.39 is 10.1 Å². The largest absolute Gasteiger partial charge is 0.356 e. The number of carbonyl (C=O) groups excluding carboxylic acids is 1. The Morgan fingerprint density at radius 2 is 1.03 bits per heavy atom. The number of unbranched alkanes of at least 4 members (excludes halogenated alkanes) is 17. The molecule has 6 heteroatoms. The first-order valence-corrected chi connectivity index (χ1v) is 14.3. The molecule has 0 fully saturated rings. The lowest BCUT2D eigenvalue weighted by Crippen LogP contribution is -2.24. The normalized spacial score (nSPS) is 11.7. The molecule has 0 saturated heterocycles. The van der Waals surface area contributed by atoms with Crippen molar-refractivity contribution in [1.29, 1.82) is 0 Å². The molecule has 0 aromatic carbocycles. The molecule has 30 heavy (non-hydrogen) atoms. The lowest BCUT2D eigenvalue weighted by molar-refractivity contribution is -0.121. The highest BCUT2D eigenvalue weighted by Crippen LogP contribution is 2.14. The Labute approximate surface area is 186 Å². The van der Waals surface area contributed by atoms with Crippen LogP contribution in [0.5, 0.6) is 0 Å². The monoisotopic (exact) mass is 447 g/mol. The number of rotatable bonds is 23. The fourth-order valence-corrected chi connectivity index (χ4v) is 4.31. The SMILES string of the molecule is CCCCCCCCCCCCCCCCCCCC(=O)NCCCCS(=O)(=O)O. The van der Waals surface area contributed by atoms with Gasteiger partial charge in [0.15, 0.2) is 0 Å². The summed E-state index contributed by atoms with van der Waals surface area (Å²) in [7, 11) is -3.88. The van der Waals surface area contributed by atoms with Crippen molar-refractivity contribution in [1.82, 2.24) is 5.32 Å². The molecule has 0 rings (SSSR count). The lowest BCUT2D eigenvalue weighted by Gasteiger charge is -2.05. The predicted molar refractivity (Wildman–Crippen MR) is 127 cm³/mol. The molecule has 0 radical (unpaired) electrons. The number of nitrogens with one attached hydrogen (secondary N) is 1. The zero-order chi connectivity index (χ0) is 22.3. The van der Waals surface area contributed by atoms with E-state index in [1.54, 1.807) is 0 Å². The van der Waals surface area contributed by atoms with E-state index in [2.05, 4.69) is 12.2 Å². The van der Waals surface area contributed by atoms with Gasteiger partial charge >= 0.3 is 0 Å². The summed E-state index contributed by atoms with van der Waals surface area (Å²) in [6, 6.07) is 0. The Balaban J connectivity index is 3.17. The van der Waals surface area contributed by atoms with Crippen LogP contribution in [0.3, 0.4) is 0 Å². The van der Waals surface area contributed by atoms with Gasteiger partial charge in [-0.15, -0.1) is 0 Å². The first-order valence-electron chi connectivity index (χ1n) is 12.7. The van der Waals surface area contributed by atoms with Gasteiger partial charge in [-0.3, -0.25) is 9.35 Å². The fraction of sp³-hybridized carbons (Fsp3) is 0.958. The molecule has 0 spiro atoms. The van der Waals surface area contributed by atoms with Crippen molar-refractivity contribution in [3.05, 3.63) is 0 Å². The minimum atomic E-state index is -3.88. The van der Waals surface area contributed by atoms with Gasteiger partial charge in [0.1, 0.15) is 0 Å². The second-order valence-corrected chi connectivity index (χ2v) is 10.3. The first-order chi connectivity index (χ1) is 14.5. The molecule has 0 aliphatic carbocycles. The second kappa shape index (κ2) is 21.6. The molecule has 2 N–H and O–H groups in total. The Morgan fingerprint density at radius 1 is 0.633 bits per heavy atom. The van der Waals surface area contributed by atoms with Crippen LogP contribution < -0.4 is 5.32 Å². The highest BCUT2D eigenvalue weighted by molar-refractivity contribution is 7.85. The molecule has 0 aliphatic heterocycles. The van der Waals surface area contributed by atoms with E-state index in [1.165, 1.54) is 96.3 Å². The van der Waals surface area contributed by atoms with Crippen molar-refractivity contribution in [3.63, 3.8) is 0 Å². The molecule has 1 amide bonds. The van der Waals surface area contributed by atoms with Crippen LogP contribution in [-0.4, -0.2) is 31.2 Å². The lowest BCUT2D eigenvalue weighted by atomic mass is 10.0. The van der Waals surface area contributed by atoms with E-state index in [-0.39, 0.29) is 11.7 Å². The number of amides is 1. The van der Waals surface area contributed by atoms with E-state index in [1.807, 2.05) is 0 Å². The number of hydrogen-bond acceptors (Lipinski definition) is 3. The van der Waals surface area contributed by atoms with E-state index in [9.17, 15) is 13.2 Å². The maximum absolute atomic E-state index is 11.7. The van der Waals surface area contributed by atoms with Crippen LogP contribution in [0, 0.1) is 0 Å². The van der Waals surface area contributed by atoms with Crippen LogP contribution in [0.15, 0.2) is 0 Å². The molecule has 180 valence electrons. The van der Waals surface area contributed by atoms with Gasteiger partial charge in [-0.1, -0.05) is 110 Å². The van der Waals surface area contributed by atoms with Crippen molar-refractivity contribution in [2.45, 2.75) is 135 Å². The maximum Gasteiger partial charge on any atom is 0.264 e. The maximum atomic E-state index is 11.7. The van der Waals surface area contributed by atoms with Crippen LogP contribution in [0.2, 0.25) is 0 Å². The molecule has 5 nitrogen and oxygen atoms in total. The van der Waals surface area contributed by atoms with Crippen molar-refractivity contribution in [3.8, 4) is 0 Å². The number of carbonyl (C=O) groups is 1. The zero-order valence-corrected chi connectivity index (χ0v) is 20.5. The fourth-order valence-electron chi connectivity index (χ4n) is 3.74. The van der Waals surface area contributed by atoms with Crippen molar-refractivity contribution >= 4 is 16.0 Å². The summed E-state index contributed by atoms with van der Waals surface area (Å²) >= 11 is 0. The summed E-state index contributed by atoms with van der Waals surface area (Å²) in [4.78, 5) is 11.7. The van der Waals surface area contributed by atoms with Crippen LogP contribution in [0.25, 0.3) is 0 Å². The summed E-state index contributed by atoms with van der Waals surface area (Å²) < 4.78 is 29.8. The van der Waals surface area contributed by atoms with Gasteiger partial charge in [-0.2, -0.15) is 8.42 Å². The van der Waals surface area contributed by atoms with Crippen LogP contribution >= 0.6 is 0 Å². The third-order valence-corrected chi connectivity index (χ3v) is 6.46. The average molecular weight is 448 g/mol. The topological polar surface area (TPSA) is 83.5 Å². The zero-order valence-electron chi connectivity index (χ0n) is 19.6. The van der Waals surface area contributed by atoms with E-state index in [4.69, 9.17) is 4.55 Å². The minimum Gasteiger partial charge on any atom is -0.356 e. The van der Waals surface area contributed by atoms with Gasteiger partial charge < -0.3 is 5.32 Å². The first kappa shape index (κ1) is 29.4. The van der Waals surface area contributed by atoms with Crippen LogP contribution in [0.4, 0.5) is 0 Å². The van der Waals surface area contributed by atoms with Crippen molar-refractivity contribution < 1.29 is 17.8 Å². The molecule has 0 bridgehead atoms. The summed E-state index contributed by atoms with van der Waals surface area (Å²) in [5.74, 6) is -0.190. The number of hydrogen-bond donors (Lipinski definition) is 2. The molecule has 0 unspecified atom stereocenters. The summed E-state index contributed by atoms with van der Waals surface area (Å²) in [5.41, 5.74) is 0. The van der Waals surface area contributed by atoms with Gasteiger partial charge in [0.05, 0.1) is 5.75 Å². The standard InChI is InChI=1S/C24H49NO4S/c1-2-3-4-5-6-7-8-9-10-11-12-13-14-15-16-17-18-21-24(26)25-22-19-20-23-30(27,28)29/h2-23H2,1H3,(H,25,26)(H,27,28,29). The van der Waals surface area contributed by atoms with Crippen molar-refractivity contribution in [2.75, 3.05) is 12.3 Å². The van der Waals surface area contributed by atoms with Crippen molar-refractivity contribution in [2.24, 2.45) is 0 Å². The molecule has 0 aliphatic rings. The van der Waals surface area contributed by atoms with Gasteiger partial charge in [0.25, 0.3) is 10.1 Å². The quantitative estimate of drug-likeness (QED) is 0.133. The van der Waals surface area contributed by atoms with Crippen LogP contribution in [0.1, 0.15) is 135 Å². The van der Waals surface area contributed by atoms with Gasteiger partial charge in [-0.05, 0) is 19.3 Å². The highest BCUT2D eigenvalue weighted by atomic mass is 32.2. The Hall–Kier alpha value is -0.620.